The highest BCUT2D eigenvalue weighted by molar-refractivity contribution is 7.89. The molecule has 0 saturated heterocycles. The minimum absolute atomic E-state index is 0. The molecule has 3 N–H and O–H groups in total. The van der Waals surface area contributed by atoms with Crippen LogP contribution in [0.2, 0.25) is 0 Å². The van der Waals surface area contributed by atoms with E-state index in [0.717, 1.165) is 25.8 Å². The molecule has 2 rings (SSSR count). The van der Waals surface area contributed by atoms with Gasteiger partial charge in [-0.15, -0.1) is 12.4 Å². The Morgan fingerprint density at radius 1 is 1.22 bits per heavy atom. The van der Waals surface area contributed by atoms with Crippen LogP contribution in [0.25, 0.3) is 0 Å². The Balaban J connectivity index is 0.00000264. The molecule has 0 heterocycles. The van der Waals surface area contributed by atoms with Gasteiger partial charge in [0.1, 0.15) is 0 Å². The Morgan fingerprint density at radius 3 is 2.43 bits per heavy atom. The summed E-state index contributed by atoms with van der Waals surface area (Å²) >= 11 is 0. The van der Waals surface area contributed by atoms with Gasteiger partial charge < -0.3 is 10.6 Å². The topological polar surface area (TPSA) is 87.3 Å². The van der Waals surface area contributed by atoms with Gasteiger partial charge >= 0.3 is 0 Å². The van der Waals surface area contributed by atoms with Gasteiger partial charge in [0.2, 0.25) is 15.9 Å². The monoisotopic (exact) mass is 361 g/mol. The van der Waals surface area contributed by atoms with Gasteiger partial charge in [0, 0.05) is 18.7 Å². The number of amides is 1. The largest absolute Gasteiger partial charge is 0.326 e. The molecule has 1 fully saturated rings. The number of nitrogens with one attached hydrogen (secondary N) is 3. The quantitative estimate of drug-likeness (QED) is 0.584. The van der Waals surface area contributed by atoms with E-state index in [1.807, 2.05) is 7.05 Å². The second-order valence-electron chi connectivity index (χ2n) is 5.57. The van der Waals surface area contributed by atoms with Crippen molar-refractivity contribution >= 4 is 34.0 Å². The van der Waals surface area contributed by atoms with Gasteiger partial charge in [-0.05, 0) is 63.0 Å². The van der Waals surface area contributed by atoms with E-state index < -0.39 is 10.0 Å². The SMILES string of the molecule is CNCCCC(=O)Nc1ccc(S(=O)(=O)NCC2CC2)cc1.Cl. The minimum atomic E-state index is -3.45. The first-order chi connectivity index (χ1) is 10.5. The van der Waals surface area contributed by atoms with Crippen LogP contribution in [0, 0.1) is 5.92 Å². The lowest BCUT2D eigenvalue weighted by molar-refractivity contribution is -0.116. The molecular formula is C15H24ClN3O3S. The molecule has 1 saturated carbocycles. The van der Waals surface area contributed by atoms with Gasteiger partial charge in [0.15, 0.2) is 0 Å². The molecular weight excluding hydrogens is 338 g/mol. The van der Waals surface area contributed by atoms with Crippen molar-refractivity contribution in [2.24, 2.45) is 5.92 Å². The van der Waals surface area contributed by atoms with Crippen LogP contribution in [0.3, 0.4) is 0 Å². The molecule has 0 bridgehead atoms. The maximum atomic E-state index is 12.1. The first-order valence-corrected chi connectivity index (χ1v) is 9.04. The lowest BCUT2D eigenvalue weighted by atomic mass is 10.2. The van der Waals surface area contributed by atoms with Gasteiger partial charge in [-0.1, -0.05) is 0 Å². The van der Waals surface area contributed by atoms with Gasteiger partial charge in [-0.25, -0.2) is 13.1 Å². The van der Waals surface area contributed by atoms with Crippen molar-refractivity contribution in [1.29, 1.82) is 0 Å². The number of hydrogen-bond acceptors (Lipinski definition) is 4. The molecule has 0 atom stereocenters. The highest BCUT2D eigenvalue weighted by Crippen LogP contribution is 2.28. The number of rotatable bonds is 9. The standard InChI is InChI=1S/C15H23N3O3S.ClH/c1-16-10-2-3-15(19)18-13-6-8-14(9-7-13)22(20,21)17-11-12-4-5-12;/h6-9,12,16-17H,2-5,10-11H2,1H3,(H,18,19);1H. The summed E-state index contributed by atoms with van der Waals surface area (Å²) in [4.78, 5) is 11.9. The van der Waals surface area contributed by atoms with Crippen LogP contribution in [-0.2, 0) is 14.8 Å². The van der Waals surface area contributed by atoms with Gasteiger partial charge in [0.05, 0.1) is 4.90 Å². The Labute approximate surface area is 143 Å². The first-order valence-electron chi connectivity index (χ1n) is 7.55. The lowest BCUT2D eigenvalue weighted by Crippen LogP contribution is -2.25. The van der Waals surface area contributed by atoms with Crippen LogP contribution in [-0.4, -0.2) is 34.5 Å². The van der Waals surface area contributed by atoms with Crippen LogP contribution < -0.4 is 15.4 Å². The molecule has 1 aromatic rings. The summed E-state index contributed by atoms with van der Waals surface area (Å²) < 4.78 is 26.7. The van der Waals surface area contributed by atoms with E-state index in [9.17, 15) is 13.2 Å². The molecule has 130 valence electrons. The van der Waals surface area contributed by atoms with Crippen LogP contribution in [0.15, 0.2) is 29.2 Å². The minimum Gasteiger partial charge on any atom is -0.326 e. The van der Waals surface area contributed by atoms with E-state index in [2.05, 4.69) is 15.4 Å². The highest BCUT2D eigenvalue weighted by Gasteiger charge is 2.24. The maximum Gasteiger partial charge on any atom is 0.240 e. The summed E-state index contributed by atoms with van der Waals surface area (Å²) in [5, 5.41) is 5.74. The molecule has 1 aromatic carbocycles. The van der Waals surface area contributed by atoms with Crippen LogP contribution >= 0.6 is 12.4 Å². The van der Waals surface area contributed by atoms with Crippen molar-refractivity contribution in [2.75, 3.05) is 25.5 Å². The number of carbonyl (C=O) groups excluding carboxylic acids is 1. The normalized spacial score (nSPS) is 14.1. The van der Waals surface area contributed by atoms with E-state index in [1.165, 1.54) is 12.1 Å². The zero-order valence-electron chi connectivity index (χ0n) is 13.2. The van der Waals surface area contributed by atoms with Crippen molar-refractivity contribution < 1.29 is 13.2 Å². The summed E-state index contributed by atoms with van der Waals surface area (Å²) in [7, 11) is -1.61. The van der Waals surface area contributed by atoms with Crippen molar-refractivity contribution in [3.63, 3.8) is 0 Å². The number of anilines is 1. The predicted molar refractivity (Wildman–Crippen MR) is 93.4 cm³/mol. The smallest absolute Gasteiger partial charge is 0.240 e. The molecule has 0 aromatic heterocycles. The van der Waals surface area contributed by atoms with E-state index >= 15 is 0 Å². The van der Waals surface area contributed by atoms with Gasteiger partial charge in [-0.3, -0.25) is 4.79 Å². The fourth-order valence-electron chi connectivity index (χ4n) is 2.00. The molecule has 0 unspecified atom stereocenters. The zero-order valence-corrected chi connectivity index (χ0v) is 14.8. The Hall–Kier alpha value is -1.15. The second kappa shape index (κ2) is 9.22. The van der Waals surface area contributed by atoms with Crippen LogP contribution in [0.4, 0.5) is 5.69 Å². The van der Waals surface area contributed by atoms with Crippen LogP contribution in [0.5, 0.6) is 0 Å². The highest BCUT2D eigenvalue weighted by atomic mass is 35.5. The maximum absolute atomic E-state index is 12.1. The molecule has 1 amide bonds. The summed E-state index contributed by atoms with van der Waals surface area (Å²) in [6.07, 6.45) is 3.39. The Morgan fingerprint density at radius 2 is 1.87 bits per heavy atom. The average molecular weight is 362 g/mol. The second-order valence-corrected chi connectivity index (χ2v) is 7.34. The summed E-state index contributed by atoms with van der Waals surface area (Å²) in [5.41, 5.74) is 0.607. The number of sulfonamides is 1. The fourth-order valence-corrected chi connectivity index (χ4v) is 3.12. The summed E-state index contributed by atoms with van der Waals surface area (Å²) in [6, 6.07) is 6.25. The van der Waals surface area contributed by atoms with E-state index in [0.29, 0.717) is 24.6 Å². The molecule has 0 spiro atoms. The molecule has 23 heavy (non-hydrogen) atoms. The van der Waals surface area contributed by atoms with Gasteiger partial charge in [-0.2, -0.15) is 0 Å². The lowest BCUT2D eigenvalue weighted by Gasteiger charge is -2.08. The number of halogens is 1. The third-order valence-electron chi connectivity index (χ3n) is 3.54. The summed E-state index contributed by atoms with van der Waals surface area (Å²) in [5.74, 6) is 0.420. The van der Waals surface area contributed by atoms with Crippen molar-refractivity contribution in [2.45, 2.75) is 30.6 Å². The number of benzene rings is 1. The van der Waals surface area contributed by atoms with E-state index in [4.69, 9.17) is 0 Å². The van der Waals surface area contributed by atoms with Crippen molar-refractivity contribution in [3.8, 4) is 0 Å². The van der Waals surface area contributed by atoms with Crippen molar-refractivity contribution in [1.82, 2.24) is 10.0 Å². The number of hydrogen-bond donors (Lipinski definition) is 3. The Bertz CT molecular complexity index is 601. The van der Waals surface area contributed by atoms with Crippen molar-refractivity contribution in [3.05, 3.63) is 24.3 Å². The molecule has 1 aliphatic rings. The molecule has 1 aliphatic carbocycles. The number of carbonyl (C=O) groups is 1. The van der Waals surface area contributed by atoms with Crippen LogP contribution in [0.1, 0.15) is 25.7 Å². The molecule has 0 radical (unpaired) electrons. The van der Waals surface area contributed by atoms with Gasteiger partial charge in [0.25, 0.3) is 0 Å². The fraction of sp³-hybridized carbons (Fsp3) is 0.533. The molecule has 6 nitrogen and oxygen atoms in total. The third-order valence-corrected chi connectivity index (χ3v) is 4.98. The molecule has 8 heteroatoms. The zero-order chi connectivity index (χ0) is 16.0. The first kappa shape index (κ1) is 19.9. The summed E-state index contributed by atoms with van der Waals surface area (Å²) in [6.45, 7) is 1.30. The van der Waals surface area contributed by atoms with E-state index in [-0.39, 0.29) is 23.2 Å². The molecule has 0 aliphatic heterocycles. The predicted octanol–water partition coefficient (Wildman–Crippen LogP) is 1.73. The average Bonchev–Trinajstić information content (AvgIpc) is 3.30. The van der Waals surface area contributed by atoms with E-state index in [1.54, 1.807) is 12.1 Å². The third kappa shape index (κ3) is 6.87. The Kier molecular flexibility index (Phi) is 7.98.